The van der Waals surface area contributed by atoms with Gasteiger partial charge in [0.2, 0.25) is 5.91 Å². The number of carbonyl (C=O) groups is 3. The number of halogens is 2. The van der Waals surface area contributed by atoms with Gasteiger partial charge in [-0.15, -0.1) is 0 Å². The molecule has 1 aromatic heterocycles. The third-order valence-corrected chi connectivity index (χ3v) is 5.42. The van der Waals surface area contributed by atoms with E-state index in [1.807, 2.05) is 0 Å². The summed E-state index contributed by atoms with van der Waals surface area (Å²) < 4.78 is 35.2. The summed E-state index contributed by atoms with van der Waals surface area (Å²) in [6.07, 6.45) is 1.66. The van der Waals surface area contributed by atoms with Crippen molar-refractivity contribution < 1.29 is 32.7 Å². The maximum Gasteiger partial charge on any atom is 0.414 e. The van der Waals surface area contributed by atoms with E-state index in [1.165, 1.54) is 24.2 Å². The van der Waals surface area contributed by atoms with Crippen molar-refractivity contribution in [2.45, 2.75) is 13.0 Å². The SMILES string of the molecule is CC(=O)NC[C@H]1CN(c2cc(F)c(N3CCON(C(=O)Nc4ccncc4)CC3)c(F)c2)C(=O)O1. The lowest BCUT2D eigenvalue weighted by Gasteiger charge is -2.24. The Balaban J connectivity index is 1.42. The van der Waals surface area contributed by atoms with E-state index < -0.39 is 29.9 Å². The minimum Gasteiger partial charge on any atom is -0.442 e. The Morgan fingerprint density at radius 2 is 1.86 bits per heavy atom. The van der Waals surface area contributed by atoms with E-state index >= 15 is 8.78 Å². The Hall–Kier alpha value is -4.00. The molecular weight excluding hydrogens is 466 g/mol. The molecule has 186 valence electrons. The van der Waals surface area contributed by atoms with Crippen molar-refractivity contribution in [2.24, 2.45) is 0 Å². The molecule has 0 saturated carbocycles. The molecule has 0 spiro atoms. The number of nitrogens with zero attached hydrogens (tertiary/aromatic N) is 4. The van der Waals surface area contributed by atoms with Crippen molar-refractivity contribution in [1.29, 1.82) is 0 Å². The number of pyridine rings is 1. The summed E-state index contributed by atoms with van der Waals surface area (Å²) >= 11 is 0. The Morgan fingerprint density at radius 3 is 2.54 bits per heavy atom. The highest BCUT2D eigenvalue weighted by atomic mass is 19.1. The van der Waals surface area contributed by atoms with Crippen LogP contribution in [-0.2, 0) is 14.4 Å². The third-order valence-electron chi connectivity index (χ3n) is 5.42. The Kier molecular flexibility index (Phi) is 7.25. The van der Waals surface area contributed by atoms with Crippen LogP contribution in [0.5, 0.6) is 0 Å². The number of hydrogen-bond donors (Lipinski definition) is 2. The van der Waals surface area contributed by atoms with Gasteiger partial charge in [0.05, 0.1) is 31.9 Å². The van der Waals surface area contributed by atoms with Gasteiger partial charge < -0.3 is 20.3 Å². The standard InChI is InChI=1S/C22H24F2N6O5/c1-14(31)26-12-17-13-29(22(33)35-17)16-10-18(23)20(19(24)11-16)28-6-7-30(34-9-8-28)21(32)27-15-2-4-25-5-3-15/h2-5,10-11,17H,6-9,12-13H2,1H3,(H,26,31)(H,25,27,32)/t17-/m0/s1. The van der Waals surface area contributed by atoms with Crippen LogP contribution in [0, 0.1) is 11.6 Å². The van der Waals surface area contributed by atoms with Gasteiger partial charge in [-0.05, 0) is 12.1 Å². The molecule has 4 rings (SSSR count). The second kappa shape index (κ2) is 10.5. The van der Waals surface area contributed by atoms with Crippen LogP contribution < -0.4 is 20.4 Å². The molecule has 1 atom stereocenters. The minimum atomic E-state index is -0.868. The van der Waals surface area contributed by atoms with Crippen LogP contribution in [0.2, 0.25) is 0 Å². The molecule has 13 heteroatoms. The van der Waals surface area contributed by atoms with Crippen molar-refractivity contribution in [1.82, 2.24) is 15.4 Å². The highest BCUT2D eigenvalue weighted by Crippen LogP contribution is 2.31. The van der Waals surface area contributed by atoms with Gasteiger partial charge in [0.25, 0.3) is 0 Å². The van der Waals surface area contributed by atoms with Crippen LogP contribution in [-0.4, -0.2) is 73.5 Å². The zero-order valence-corrected chi connectivity index (χ0v) is 18.9. The fraction of sp³-hybridized carbons (Fsp3) is 0.364. The smallest absolute Gasteiger partial charge is 0.414 e. The normalized spacial score (nSPS) is 18.2. The third kappa shape index (κ3) is 5.74. The van der Waals surface area contributed by atoms with Crippen LogP contribution in [0.1, 0.15) is 6.92 Å². The van der Waals surface area contributed by atoms with Crippen molar-refractivity contribution in [2.75, 3.05) is 54.4 Å². The van der Waals surface area contributed by atoms with Gasteiger partial charge in [-0.3, -0.25) is 19.5 Å². The maximum atomic E-state index is 15.0. The molecule has 2 aliphatic heterocycles. The van der Waals surface area contributed by atoms with E-state index in [0.717, 1.165) is 22.1 Å². The first-order chi connectivity index (χ1) is 16.8. The van der Waals surface area contributed by atoms with E-state index in [1.54, 1.807) is 12.1 Å². The number of anilines is 3. The van der Waals surface area contributed by atoms with Gasteiger partial charge in [0, 0.05) is 50.2 Å². The van der Waals surface area contributed by atoms with Crippen molar-refractivity contribution in [3.05, 3.63) is 48.3 Å². The van der Waals surface area contributed by atoms with Gasteiger partial charge in [0.1, 0.15) is 11.8 Å². The molecule has 0 unspecified atom stereocenters. The first-order valence-electron chi connectivity index (χ1n) is 10.9. The van der Waals surface area contributed by atoms with E-state index in [0.29, 0.717) is 5.69 Å². The van der Waals surface area contributed by atoms with E-state index in [9.17, 15) is 14.4 Å². The number of cyclic esters (lactones) is 1. The summed E-state index contributed by atoms with van der Waals surface area (Å²) in [6.45, 7) is 1.79. The number of amides is 4. The van der Waals surface area contributed by atoms with Crippen molar-refractivity contribution in [3.8, 4) is 0 Å². The topological polar surface area (TPSA) is 116 Å². The number of urea groups is 1. The highest BCUT2D eigenvalue weighted by Gasteiger charge is 2.34. The Morgan fingerprint density at radius 1 is 1.14 bits per heavy atom. The number of nitrogens with one attached hydrogen (secondary N) is 2. The van der Waals surface area contributed by atoms with E-state index in [2.05, 4.69) is 15.6 Å². The monoisotopic (exact) mass is 490 g/mol. The number of benzene rings is 1. The molecule has 2 fully saturated rings. The molecule has 1 aromatic carbocycles. The summed E-state index contributed by atoms with van der Waals surface area (Å²) in [5.41, 5.74) is 0.252. The predicted molar refractivity (Wildman–Crippen MR) is 121 cm³/mol. The molecule has 35 heavy (non-hydrogen) atoms. The summed E-state index contributed by atoms with van der Waals surface area (Å²) in [7, 11) is 0. The molecule has 2 saturated heterocycles. The molecule has 2 N–H and O–H groups in total. The number of hydroxylamine groups is 2. The summed E-state index contributed by atoms with van der Waals surface area (Å²) in [4.78, 5) is 47.6. The quantitative estimate of drug-likeness (QED) is 0.660. The highest BCUT2D eigenvalue weighted by molar-refractivity contribution is 5.90. The molecule has 2 aliphatic rings. The van der Waals surface area contributed by atoms with E-state index in [-0.39, 0.29) is 56.6 Å². The predicted octanol–water partition coefficient (Wildman–Crippen LogP) is 2.11. The van der Waals surface area contributed by atoms with Gasteiger partial charge in [-0.1, -0.05) is 0 Å². The van der Waals surface area contributed by atoms with Gasteiger partial charge in [-0.2, -0.15) is 0 Å². The lowest BCUT2D eigenvalue weighted by Crippen LogP contribution is -2.37. The Bertz CT molecular complexity index is 1080. The largest absolute Gasteiger partial charge is 0.442 e. The van der Waals surface area contributed by atoms with Crippen LogP contribution in [0.3, 0.4) is 0 Å². The van der Waals surface area contributed by atoms with Crippen molar-refractivity contribution >= 4 is 35.1 Å². The number of rotatable bonds is 5. The fourth-order valence-electron chi connectivity index (χ4n) is 3.76. The van der Waals surface area contributed by atoms with E-state index in [4.69, 9.17) is 9.57 Å². The molecule has 11 nitrogen and oxygen atoms in total. The number of carbonyl (C=O) groups excluding carboxylic acids is 3. The van der Waals surface area contributed by atoms with Gasteiger partial charge in [0.15, 0.2) is 11.6 Å². The lowest BCUT2D eigenvalue weighted by atomic mass is 10.2. The number of ether oxygens (including phenoxy) is 1. The second-order valence-corrected chi connectivity index (χ2v) is 7.90. The van der Waals surface area contributed by atoms with Gasteiger partial charge >= 0.3 is 12.1 Å². The first kappa shape index (κ1) is 24.1. The number of hydrogen-bond acceptors (Lipinski definition) is 7. The molecule has 2 aromatic rings. The number of aromatic nitrogens is 1. The maximum absolute atomic E-state index is 15.0. The van der Waals surface area contributed by atoms with Crippen LogP contribution in [0.25, 0.3) is 0 Å². The fourth-order valence-corrected chi connectivity index (χ4v) is 3.76. The van der Waals surface area contributed by atoms with Crippen LogP contribution >= 0.6 is 0 Å². The first-order valence-corrected chi connectivity index (χ1v) is 10.9. The average molecular weight is 490 g/mol. The zero-order valence-electron chi connectivity index (χ0n) is 18.9. The van der Waals surface area contributed by atoms with Gasteiger partial charge in [-0.25, -0.2) is 23.4 Å². The molecule has 0 radical (unpaired) electrons. The van der Waals surface area contributed by atoms with Crippen LogP contribution in [0.15, 0.2) is 36.7 Å². The summed E-state index contributed by atoms with van der Waals surface area (Å²) in [5.74, 6) is -2.02. The molecule has 4 amide bonds. The molecular formula is C22H24F2N6O5. The summed E-state index contributed by atoms with van der Waals surface area (Å²) in [5, 5.41) is 6.30. The lowest BCUT2D eigenvalue weighted by molar-refractivity contribution is -0.119. The molecule has 0 bridgehead atoms. The minimum absolute atomic E-state index is 0.00324. The van der Waals surface area contributed by atoms with Crippen molar-refractivity contribution in [3.63, 3.8) is 0 Å². The molecule has 0 aliphatic carbocycles. The Labute approximate surface area is 199 Å². The molecule has 3 heterocycles. The second-order valence-electron chi connectivity index (χ2n) is 7.90. The average Bonchev–Trinajstić information content (AvgIpc) is 3.02. The summed E-state index contributed by atoms with van der Waals surface area (Å²) in [6, 6.07) is 4.83. The van der Waals surface area contributed by atoms with Crippen LogP contribution in [0.4, 0.5) is 35.4 Å². The zero-order chi connectivity index (χ0) is 24.9.